The Morgan fingerprint density at radius 3 is 2.74 bits per heavy atom. The van der Waals surface area contributed by atoms with Crippen molar-refractivity contribution in [1.82, 2.24) is 15.2 Å². The number of halogens is 2. The third-order valence-corrected chi connectivity index (χ3v) is 6.29. The van der Waals surface area contributed by atoms with Crippen molar-refractivity contribution in [3.63, 3.8) is 0 Å². The highest BCUT2D eigenvalue weighted by molar-refractivity contribution is 7.99. The van der Waals surface area contributed by atoms with Crippen LogP contribution in [0.1, 0.15) is 38.5 Å². The minimum atomic E-state index is -0.838. The van der Waals surface area contributed by atoms with Crippen molar-refractivity contribution in [2.45, 2.75) is 38.1 Å². The molecule has 0 N–H and O–H groups in total. The van der Waals surface area contributed by atoms with E-state index in [1.165, 1.54) is 18.7 Å². The summed E-state index contributed by atoms with van der Waals surface area (Å²) in [4.78, 5) is 19.0. The van der Waals surface area contributed by atoms with Crippen LogP contribution in [0.4, 0.5) is 5.69 Å². The van der Waals surface area contributed by atoms with Crippen molar-refractivity contribution in [3.8, 4) is 17.1 Å². The van der Waals surface area contributed by atoms with Gasteiger partial charge in [0.2, 0.25) is 23.2 Å². The minimum absolute atomic E-state index is 0.207. The Labute approximate surface area is 194 Å². The average molecular weight is 475 g/mol. The van der Waals surface area contributed by atoms with Crippen LogP contribution in [-0.2, 0) is 4.79 Å². The maximum absolute atomic E-state index is 12.8. The number of amides is 1. The lowest BCUT2D eigenvalue weighted by Gasteiger charge is -2.30. The number of hydrogen-bond acceptors (Lipinski definition) is 6. The van der Waals surface area contributed by atoms with Crippen LogP contribution in [0.2, 0.25) is 10.0 Å². The maximum Gasteiger partial charge on any atom is 0.247 e. The zero-order chi connectivity index (χ0) is 22.0. The molecule has 2 heterocycles. The van der Waals surface area contributed by atoms with E-state index in [1.54, 1.807) is 23.1 Å². The van der Waals surface area contributed by atoms with E-state index in [1.807, 2.05) is 24.3 Å². The Morgan fingerprint density at radius 1 is 1.19 bits per heavy atom. The van der Waals surface area contributed by atoms with Crippen molar-refractivity contribution in [1.29, 1.82) is 0 Å². The lowest BCUT2D eigenvalue weighted by atomic mass is 10.1. The van der Waals surface area contributed by atoms with Crippen LogP contribution < -0.4 is 9.64 Å². The number of para-hydroxylation sites is 1. The summed E-state index contributed by atoms with van der Waals surface area (Å²) in [6.45, 7) is 3.62. The molecule has 3 aromatic rings. The van der Waals surface area contributed by atoms with Gasteiger partial charge in [-0.05, 0) is 24.6 Å². The van der Waals surface area contributed by atoms with E-state index in [4.69, 9.17) is 27.9 Å². The van der Waals surface area contributed by atoms with Gasteiger partial charge in [0.05, 0.1) is 10.7 Å². The van der Waals surface area contributed by atoms with E-state index >= 15 is 0 Å². The largest absolute Gasteiger partial charge is 0.447 e. The van der Waals surface area contributed by atoms with Crippen LogP contribution in [0.15, 0.2) is 47.6 Å². The third-order valence-electron chi connectivity index (χ3n) is 4.81. The Kier molecular flexibility index (Phi) is 6.65. The predicted molar refractivity (Wildman–Crippen MR) is 124 cm³/mol. The number of hydrogen-bond donors (Lipinski definition) is 0. The van der Waals surface area contributed by atoms with Gasteiger partial charge in [0.1, 0.15) is 0 Å². The molecule has 1 aliphatic rings. The molecule has 1 atom stereocenters. The number of rotatable bonds is 5. The third kappa shape index (κ3) is 4.49. The van der Waals surface area contributed by atoms with Crippen LogP contribution in [0.3, 0.4) is 0 Å². The first-order valence-electron chi connectivity index (χ1n) is 9.88. The Bertz CT molecular complexity index is 1130. The van der Waals surface area contributed by atoms with E-state index in [-0.39, 0.29) is 5.91 Å². The molecule has 0 aliphatic carbocycles. The number of carbonyl (C=O) groups is 1. The zero-order valence-corrected chi connectivity index (χ0v) is 19.3. The number of thioether (sulfide) groups is 1. The number of nitrogens with zero attached hydrogens (tertiary/aromatic N) is 4. The Morgan fingerprint density at radius 2 is 2.00 bits per heavy atom. The summed E-state index contributed by atoms with van der Waals surface area (Å²) in [6, 6.07) is 12.5. The molecule has 6 nitrogen and oxygen atoms in total. The number of aromatic nitrogens is 3. The molecule has 1 aromatic heterocycles. The van der Waals surface area contributed by atoms with Gasteiger partial charge in [0.15, 0.2) is 5.69 Å². The molecule has 0 saturated carbocycles. The van der Waals surface area contributed by atoms with Crippen molar-refractivity contribution in [2.75, 3.05) is 10.7 Å². The van der Waals surface area contributed by atoms with Crippen molar-refractivity contribution in [2.24, 2.45) is 0 Å². The van der Waals surface area contributed by atoms with Gasteiger partial charge < -0.3 is 4.74 Å². The van der Waals surface area contributed by atoms with Crippen molar-refractivity contribution in [3.05, 3.63) is 58.1 Å². The fraction of sp³-hybridized carbons (Fsp3) is 0.273. The summed E-state index contributed by atoms with van der Waals surface area (Å²) < 4.78 is 6.32. The molecule has 0 saturated heterocycles. The Balaban J connectivity index is 1.87. The second-order valence-electron chi connectivity index (χ2n) is 6.99. The van der Waals surface area contributed by atoms with Crippen LogP contribution >= 0.6 is 35.0 Å². The van der Waals surface area contributed by atoms with Gasteiger partial charge in [0, 0.05) is 28.8 Å². The maximum atomic E-state index is 12.8. The van der Waals surface area contributed by atoms with Crippen LogP contribution in [0.25, 0.3) is 11.3 Å². The van der Waals surface area contributed by atoms with Gasteiger partial charge in [0.25, 0.3) is 0 Å². The van der Waals surface area contributed by atoms with E-state index in [2.05, 4.69) is 22.1 Å². The summed E-state index contributed by atoms with van der Waals surface area (Å²) in [5, 5.41) is 10.1. The molecule has 160 valence electrons. The average Bonchev–Trinajstić information content (AvgIpc) is 2.88. The lowest BCUT2D eigenvalue weighted by molar-refractivity contribution is -0.118. The molecular formula is C22H20Cl2N4O2S. The number of ether oxygens (including phenoxy) is 1. The molecule has 9 heteroatoms. The molecule has 4 rings (SSSR count). The first-order valence-corrected chi connectivity index (χ1v) is 11.6. The van der Waals surface area contributed by atoms with Gasteiger partial charge in [-0.3, -0.25) is 9.69 Å². The fourth-order valence-electron chi connectivity index (χ4n) is 3.33. The highest BCUT2D eigenvalue weighted by atomic mass is 35.5. The van der Waals surface area contributed by atoms with Crippen molar-refractivity contribution >= 4 is 46.6 Å². The summed E-state index contributed by atoms with van der Waals surface area (Å²) in [5.74, 6) is 0.988. The van der Waals surface area contributed by atoms with Crippen LogP contribution in [0.5, 0.6) is 5.88 Å². The molecular weight excluding hydrogens is 455 g/mol. The number of carbonyl (C=O) groups excluding carboxylic acids is 1. The molecule has 1 amide bonds. The summed E-state index contributed by atoms with van der Waals surface area (Å²) >= 11 is 14.1. The molecule has 31 heavy (non-hydrogen) atoms. The zero-order valence-electron chi connectivity index (χ0n) is 17.0. The van der Waals surface area contributed by atoms with Gasteiger partial charge in [-0.25, -0.2) is 0 Å². The fourth-order valence-corrected chi connectivity index (χ4v) is 4.69. The quantitative estimate of drug-likeness (QED) is 0.324. The van der Waals surface area contributed by atoms with E-state index in [0.29, 0.717) is 43.6 Å². The smallest absolute Gasteiger partial charge is 0.247 e. The summed E-state index contributed by atoms with van der Waals surface area (Å²) in [5.41, 5.74) is 2.44. The molecule has 0 radical (unpaired) electrons. The molecule has 0 unspecified atom stereocenters. The number of benzene rings is 2. The number of fused-ring (bicyclic) bond motifs is 3. The molecule has 0 spiro atoms. The first kappa shape index (κ1) is 21.9. The molecule has 0 bridgehead atoms. The molecule has 1 aliphatic heterocycles. The van der Waals surface area contributed by atoms with E-state index in [9.17, 15) is 4.79 Å². The molecule has 2 aromatic carbocycles. The van der Waals surface area contributed by atoms with Crippen LogP contribution in [0, 0.1) is 0 Å². The van der Waals surface area contributed by atoms with Gasteiger partial charge in [-0.2, -0.15) is 4.98 Å². The predicted octanol–water partition coefficient (Wildman–Crippen LogP) is 6.18. The molecule has 0 fully saturated rings. The first-order chi connectivity index (χ1) is 15.0. The van der Waals surface area contributed by atoms with Gasteiger partial charge in [-0.1, -0.05) is 72.6 Å². The van der Waals surface area contributed by atoms with Gasteiger partial charge >= 0.3 is 0 Å². The highest BCUT2D eigenvalue weighted by Crippen LogP contribution is 2.44. The highest BCUT2D eigenvalue weighted by Gasteiger charge is 2.35. The second-order valence-corrected chi connectivity index (χ2v) is 8.90. The SMILES string of the molecule is CCCCSc1nnc2c(n1)O[C@@H](c1ccc(Cl)cc1Cl)N(C(C)=O)c1ccccc1-2. The lowest BCUT2D eigenvalue weighted by Crippen LogP contribution is -2.36. The van der Waals surface area contributed by atoms with Gasteiger partial charge in [-0.15, -0.1) is 10.2 Å². The van der Waals surface area contributed by atoms with E-state index < -0.39 is 6.23 Å². The number of unbranched alkanes of at least 4 members (excludes halogenated alkanes) is 1. The summed E-state index contributed by atoms with van der Waals surface area (Å²) in [7, 11) is 0. The van der Waals surface area contributed by atoms with Crippen LogP contribution in [-0.4, -0.2) is 26.8 Å². The van der Waals surface area contributed by atoms with Crippen molar-refractivity contribution < 1.29 is 9.53 Å². The topological polar surface area (TPSA) is 68.2 Å². The second kappa shape index (κ2) is 9.42. The minimum Gasteiger partial charge on any atom is -0.447 e. The van der Waals surface area contributed by atoms with E-state index in [0.717, 1.165) is 18.6 Å². The summed E-state index contributed by atoms with van der Waals surface area (Å²) in [6.07, 6.45) is 1.30. The monoisotopic (exact) mass is 474 g/mol. The Hall–Kier alpha value is -2.35. The number of anilines is 1. The normalized spacial score (nSPS) is 15.0. The standard InChI is InChI=1S/C22H20Cl2N4O2S/c1-3-4-11-31-22-25-20-19(26-27-22)16-7-5-6-8-18(16)28(13(2)29)21(30-20)15-10-9-14(23)12-17(15)24/h5-10,12,21H,3-4,11H2,1-2H3/t21-/m0/s1.